The number of nitrogens with zero attached hydrogens (tertiary/aromatic N) is 5. The smallest absolute Gasteiger partial charge is 0.255 e. The summed E-state index contributed by atoms with van der Waals surface area (Å²) >= 11 is 1.16. The van der Waals surface area contributed by atoms with Crippen LogP contribution in [0.2, 0.25) is 0 Å². The molecule has 264 valence electrons. The lowest BCUT2D eigenvalue weighted by molar-refractivity contribution is 0.403. The van der Waals surface area contributed by atoms with E-state index >= 15 is 0 Å². The van der Waals surface area contributed by atoms with Crippen LogP contribution in [0, 0.1) is 0 Å². The minimum Gasteiger partial charge on any atom is -0.479 e. The maximum absolute atomic E-state index is 5.37. The van der Waals surface area contributed by atoms with Gasteiger partial charge < -0.3 is 14.7 Å². The van der Waals surface area contributed by atoms with E-state index in [0.717, 1.165) is 52.8 Å². The summed E-state index contributed by atoms with van der Waals surface area (Å²) in [5.74, 6) is 1.22. The standard InChI is InChI=1S/C23H19N3OS.C21H17N5/c1-27-22-21(25-28-26-22)20-19-12-13-23(14-16(19)15-24-20,17-8-4-2-5-9-17)18-10-6-3-7-11-18;1-3-7-16(8-4-1)21(17-9-5-2-6-10-17)12-11-18-15(13-21)14-22-19(18)20-23-25-26-24-20/h2-13,15,24H,14H2,1H3;1-12,14,22H,13H2,(H,23,24,25,26). The van der Waals surface area contributed by atoms with Gasteiger partial charge >= 0.3 is 0 Å². The maximum atomic E-state index is 5.37. The van der Waals surface area contributed by atoms with Crippen LogP contribution in [0.1, 0.15) is 44.5 Å². The number of tetrazole rings is 1. The van der Waals surface area contributed by atoms with E-state index in [1.165, 1.54) is 33.4 Å². The first-order valence-electron chi connectivity index (χ1n) is 17.8. The first-order valence-corrected chi connectivity index (χ1v) is 18.5. The molecule has 4 aromatic heterocycles. The molecule has 0 saturated carbocycles. The van der Waals surface area contributed by atoms with E-state index in [4.69, 9.17) is 4.74 Å². The topological polar surface area (TPSA) is 121 Å². The van der Waals surface area contributed by atoms with Crippen molar-refractivity contribution in [3.8, 4) is 28.8 Å². The highest BCUT2D eigenvalue weighted by Crippen LogP contribution is 2.45. The molecule has 0 saturated heterocycles. The molecule has 10 rings (SSSR count). The minimum atomic E-state index is -0.195. The van der Waals surface area contributed by atoms with Crippen molar-refractivity contribution in [2.75, 3.05) is 7.11 Å². The molecule has 10 heteroatoms. The molecule has 0 amide bonds. The number of allylic oxidation sites excluding steroid dienone is 2. The Hall–Kier alpha value is -6.65. The lowest BCUT2D eigenvalue weighted by atomic mass is 9.68. The van der Waals surface area contributed by atoms with Gasteiger partial charge in [-0.15, -0.1) is 9.47 Å². The van der Waals surface area contributed by atoms with Gasteiger partial charge in [0, 0.05) is 34.4 Å². The molecule has 0 unspecified atom stereocenters. The third-order valence-electron chi connectivity index (χ3n) is 10.6. The molecule has 0 spiro atoms. The van der Waals surface area contributed by atoms with Crippen LogP contribution < -0.4 is 4.74 Å². The van der Waals surface area contributed by atoms with Crippen LogP contribution in [0.25, 0.3) is 35.1 Å². The lowest BCUT2D eigenvalue weighted by Crippen LogP contribution is -2.30. The molecule has 0 fully saturated rings. The van der Waals surface area contributed by atoms with Crippen LogP contribution in [0.4, 0.5) is 0 Å². The first-order chi connectivity index (χ1) is 26.7. The zero-order valence-corrected chi connectivity index (χ0v) is 30.3. The Bertz CT molecular complexity index is 2460. The summed E-state index contributed by atoms with van der Waals surface area (Å²) in [5.41, 5.74) is 12.3. The summed E-state index contributed by atoms with van der Waals surface area (Å²) < 4.78 is 14.0. The van der Waals surface area contributed by atoms with Gasteiger partial charge in [0.15, 0.2) is 11.5 Å². The summed E-state index contributed by atoms with van der Waals surface area (Å²) in [6.45, 7) is 0. The molecule has 9 nitrogen and oxygen atoms in total. The number of rotatable bonds is 7. The van der Waals surface area contributed by atoms with Gasteiger partial charge in [-0.2, -0.15) is 4.37 Å². The molecule has 0 radical (unpaired) electrons. The van der Waals surface area contributed by atoms with E-state index in [9.17, 15) is 0 Å². The van der Waals surface area contributed by atoms with Gasteiger partial charge in [-0.3, -0.25) is 0 Å². The van der Waals surface area contributed by atoms with Crippen LogP contribution in [0.3, 0.4) is 0 Å². The van der Waals surface area contributed by atoms with Crippen LogP contribution in [-0.4, -0.2) is 46.4 Å². The molecule has 0 atom stereocenters. The van der Waals surface area contributed by atoms with Gasteiger partial charge in [0.2, 0.25) is 0 Å². The molecular weight excluding hydrogens is 689 g/mol. The van der Waals surface area contributed by atoms with Gasteiger partial charge in [0.05, 0.1) is 30.2 Å². The van der Waals surface area contributed by atoms with Gasteiger partial charge in [-0.25, -0.2) is 5.10 Å². The summed E-state index contributed by atoms with van der Waals surface area (Å²) in [5, 5.41) is 14.2. The second kappa shape index (κ2) is 14.1. The zero-order valence-electron chi connectivity index (χ0n) is 29.5. The van der Waals surface area contributed by atoms with E-state index in [2.05, 4.69) is 197 Å². The molecule has 0 bridgehead atoms. The van der Waals surface area contributed by atoms with Crippen molar-refractivity contribution in [3.05, 3.63) is 190 Å². The van der Waals surface area contributed by atoms with E-state index in [0.29, 0.717) is 11.7 Å². The number of hydrogen-bond donors (Lipinski definition) is 3. The summed E-state index contributed by atoms with van der Waals surface area (Å²) in [7, 11) is 1.63. The second-order valence-corrected chi connectivity index (χ2v) is 14.0. The number of aromatic amines is 3. The van der Waals surface area contributed by atoms with Crippen molar-refractivity contribution in [2.24, 2.45) is 0 Å². The van der Waals surface area contributed by atoms with Crippen molar-refractivity contribution in [3.63, 3.8) is 0 Å². The number of ether oxygens (including phenoxy) is 1. The Morgan fingerprint density at radius 1 is 0.593 bits per heavy atom. The Morgan fingerprint density at radius 3 is 1.50 bits per heavy atom. The minimum absolute atomic E-state index is 0.186. The predicted molar refractivity (Wildman–Crippen MR) is 213 cm³/mol. The van der Waals surface area contributed by atoms with Gasteiger partial charge in [-0.1, -0.05) is 146 Å². The fourth-order valence-corrected chi connectivity index (χ4v) is 8.51. The summed E-state index contributed by atoms with van der Waals surface area (Å²) in [6, 6.07) is 42.8. The van der Waals surface area contributed by atoms with Crippen LogP contribution >= 0.6 is 11.7 Å². The fourth-order valence-electron chi connectivity index (χ4n) is 7.99. The Labute approximate surface area is 316 Å². The number of aromatic nitrogens is 8. The Kier molecular flexibility index (Phi) is 8.64. The molecule has 4 heterocycles. The first kappa shape index (κ1) is 33.2. The summed E-state index contributed by atoms with van der Waals surface area (Å²) in [4.78, 5) is 6.74. The SMILES string of the molecule is C1=CC(c2ccccc2)(c2ccccc2)Cc2c[nH]c(-c3nnn[nH]3)c21.COc1nsnc1-c1[nH]cc2c1C=CC(c1ccccc1)(c1ccccc1)C2. The fraction of sp³-hybridized carbons (Fsp3) is 0.114. The third-order valence-corrected chi connectivity index (χ3v) is 11.2. The highest BCUT2D eigenvalue weighted by molar-refractivity contribution is 6.99. The van der Waals surface area contributed by atoms with E-state index in [1.807, 2.05) is 0 Å². The van der Waals surface area contributed by atoms with Crippen molar-refractivity contribution < 1.29 is 4.74 Å². The van der Waals surface area contributed by atoms with Crippen LogP contribution in [0.5, 0.6) is 5.88 Å². The van der Waals surface area contributed by atoms with Gasteiger partial charge in [0.25, 0.3) is 5.88 Å². The Morgan fingerprint density at radius 2 is 1.06 bits per heavy atom. The van der Waals surface area contributed by atoms with Crippen LogP contribution in [0.15, 0.2) is 146 Å². The predicted octanol–water partition coefficient (Wildman–Crippen LogP) is 8.85. The highest BCUT2D eigenvalue weighted by atomic mass is 32.1. The van der Waals surface area contributed by atoms with Crippen molar-refractivity contribution in [2.45, 2.75) is 23.7 Å². The normalized spacial score (nSPS) is 14.8. The van der Waals surface area contributed by atoms with E-state index < -0.39 is 0 Å². The number of benzene rings is 4. The summed E-state index contributed by atoms with van der Waals surface area (Å²) in [6.07, 6.45) is 14.9. The molecule has 4 aromatic carbocycles. The van der Waals surface area contributed by atoms with Gasteiger partial charge in [-0.05, 0) is 56.6 Å². The maximum Gasteiger partial charge on any atom is 0.255 e. The second-order valence-electron chi connectivity index (χ2n) is 13.5. The molecule has 54 heavy (non-hydrogen) atoms. The largest absolute Gasteiger partial charge is 0.479 e. The molecule has 3 N–H and O–H groups in total. The molecule has 8 aromatic rings. The van der Waals surface area contributed by atoms with E-state index in [-0.39, 0.29) is 10.8 Å². The number of methoxy groups -OCH3 is 1. The molecule has 2 aliphatic carbocycles. The average molecular weight is 725 g/mol. The van der Waals surface area contributed by atoms with E-state index in [1.54, 1.807) is 7.11 Å². The van der Waals surface area contributed by atoms with Gasteiger partial charge in [0.1, 0.15) is 0 Å². The van der Waals surface area contributed by atoms with Crippen molar-refractivity contribution in [1.29, 1.82) is 0 Å². The number of nitrogens with one attached hydrogen (secondary N) is 3. The number of hydrogen-bond acceptors (Lipinski definition) is 7. The third kappa shape index (κ3) is 5.77. The number of fused-ring (bicyclic) bond motifs is 2. The molecule has 0 aliphatic heterocycles. The average Bonchev–Trinajstić information content (AvgIpc) is 4.09. The quantitative estimate of drug-likeness (QED) is 0.151. The highest BCUT2D eigenvalue weighted by Gasteiger charge is 2.37. The molecular formula is C44H36N8OS. The molecule has 2 aliphatic rings. The van der Waals surface area contributed by atoms with Crippen molar-refractivity contribution in [1.82, 2.24) is 39.3 Å². The Balaban J connectivity index is 0.000000143. The number of H-pyrrole nitrogens is 3. The monoisotopic (exact) mass is 724 g/mol. The van der Waals surface area contributed by atoms with Crippen molar-refractivity contribution >= 4 is 23.9 Å². The van der Waals surface area contributed by atoms with Crippen LogP contribution in [-0.2, 0) is 23.7 Å². The zero-order chi connectivity index (χ0) is 36.4. The lowest BCUT2D eigenvalue weighted by Gasteiger charge is -2.35.